The van der Waals surface area contributed by atoms with Gasteiger partial charge in [-0.05, 0) is 42.9 Å². The van der Waals surface area contributed by atoms with Crippen LogP contribution in [0.4, 0.5) is 0 Å². The number of hydrogen-bond donors (Lipinski definition) is 4. The van der Waals surface area contributed by atoms with Crippen LogP contribution in [0.1, 0.15) is 36.3 Å². The van der Waals surface area contributed by atoms with Gasteiger partial charge < -0.3 is 25.1 Å². The summed E-state index contributed by atoms with van der Waals surface area (Å²) >= 11 is 1.76. The summed E-state index contributed by atoms with van der Waals surface area (Å²) in [6.07, 6.45) is 3.35. The van der Waals surface area contributed by atoms with E-state index >= 15 is 0 Å². The number of para-hydroxylation sites is 1. The molecule has 34 heavy (non-hydrogen) atoms. The number of aromatic nitrogens is 1. The molecule has 0 spiro atoms. The van der Waals surface area contributed by atoms with Crippen LogP contribution in [-0.4, -0.2) is 46.5 Å². The standard InChI is InChI=1S/C25H29N3O5S/c1-15-11-20(29)22(31)23(33-15)25(7-9-34-10-8-25)13-21(30)28-19(24(32)26-2)12-16-14-27-18-6-4-3-5-17(16)18/h3-6,11,14,19,27,31H,7-10,12-13H2,1-2H3,(H,26,32)(H,28,30)/t19-/m1/s1. The molecule has 8 nitrogen and oxygen atoms in total. The average Bonchev–Trinajstić information content (AvgIpc) is 3.23. The highest BCUT2D eigenvalue weighted by Crippen LogP contribution is 2.44. The van der Waals surface area contributed by atoms with Crippen molar-refractivity contribution in [1.82, 2.24) is 15.6 Å². The summed E-state index contributed by atoms with van der Waals surface area (Å²) in [5.41, 5.74) is 0.566. The molecule has 9 heteroatoms. The van der Waals surface area contributed by atoms with Crippen molar-refractivity contribution in [3.8, 4) is 5.75 Å². The van der Waals surface area contributed by atoms with Crippen LogP contribution in [0.5, 0.6) is 5.75 Å². The van der Waals surface area contributed by atoms with E-state index in [0.29, 0.717) is 25.0 Å². The van der Waals surface area contributed by atoms with Crippen LogP contribution in [-0.2, 0) is 21.4 Å². The summed E-state index contributed by atoms with van der Waals surface area (Å²) in [5.74, 6) is 1.05. The fourth-order valence-corrected chi connectivity index (χ4v) is 5.94. The zero-order chi connectivity index (χ0) is 24.3. The highest BCUT2D eigenvalue weighted by Gasteiger charge is 2.42. The smallest absolute Gasteiger partial charge is 0.242 e. The Labute approximate surface area is 201 Å². The third-order valence-corrected chi connectivity index (χ3v) is 7.46. The number of hydrogen-bond acceptors (Lipinski definition) is 6. The predicted molar refractivity (Wildman–Crippen MR) is 132 cm³/mol. The number of amides is 2. The van der Waals surface area contributed by atoms with Crippen molar-refractivity contribution < 1.29 is 19.1 Å². The van der Waals surface area contributed by atoms with E-state index < -0.39 is 22.6 Å². The number of aromatic hydroxyl groups is 1. The quantitative estimate of drug-likeness (QED) is 0.410. The topological polar surface area (TPSA) is 124 Å². The molecule has 1 fully saturated rings. The largest absolute Gasteiger partial charge is 0.502 e. The lowest BCUT2D eigenvalue weighted by Gasteiger charge is -2.36. The summed E-state index contributed by atoms with van der Waals surface area (Å²) in [4.78, 5) is 41.4. The number of fused-ring (bicyclic) bond motifs is 1. The van der Waals surface area contributed by atoms with Crippen LogP contribution in [0.3, 0.4) is 0 Å². The Morgan fingerprint density at radius 1 is 1.26 bits per heavy atom. The molecular weight excluding hydrogens is 454 g/mol. The molecule has 0 bridgehead atoms. The monoisotopic (exact) mass is 483 g/mol. The van der Waals surface area contributed by atoms with E-state index in [2.05, 4.69) is 15.6 Å². The maximum atomic E-state index is 13.3. The van der Waals surface area contributed by atoms with Crippen molar-refractivity contribution in [3.05, 3.63) is 63.8 Å². The van der Waals surface area contributed by atoms with Crippen molar-refractivity contribution in [2.24, 2.45) is 0 Å². The SMILES string of the molecule is CNC(=O)[C@@H](Cc1c[nH]c2ccccc12)NC(=O)CC1(c2oc(C)cc(=O)c2O)CCSCC1. The number of aromatic amines is 1. The van der Waals surface area contributed by atoms with Gasteiger partial charge in [-0.1, -0.05) is 18.2 Å². The van der Waals surface area contributed by atoms with E-state index in [-0.39, 0.29) is 24.0 Å². The van der Waals surface area contributed by atoms with Crippen LogP contribution in [0.2, 0.25) is 0 Å². The van der Waals surface area contributed by atoms with Gasteiger partial charge in [-0.2, -0.15) is 11.8 Å². The molecule has 2 aromatic heterocycles. The van der Waals surface area contributed by atoms with E-state index in [1.54, 1.807) is 18.7 Å². The Kier molecular flexibility index (Phi) is 7.02. The van der Waals surface area contributed by atoms with Gasteiger partial charge in [0.2, 0.25) is 23.0 Å². The van der Waals surface area contributed by atoms with Gasteiger partial charge in [0.25, 0.3) is 0 Å². The number of nitrogens with one attached hydrogen (secondary N) is 3. The second-order valence-corrected chi connectivity index (χ2v) is 9.99. The summed E-state index contributed by atoms with van der Waals surface area (Å²) in [6.45, 7) is 1.65. The molecule has 0 radical (unpaired) electrons. The normalized spacial score (nSPS) is 16.2. The molecule has 1 atom stereocenters. The first-order valence-electron chi connectivity index (χ1n) is 11.3. The van der Waals surface area contributed by atoms with Gasteiger partial charge >= 0.3 is 0 Å². The van der Waals surface area contributed by atoms with Crippen molar-refractivity contribution in [2.75, 3.05) is 18.6 Å². The molecule has 2 amide bonds. The number of carbonyl (C=O) groups excluding carboxylic acids is 2. The maximum Gasteiger partial charge on any atom is 0.242 e. The summed E-state index contributed by atoms with van der Waals surface area (Å²) in [6, 6.07) is 8.26. The Bertz CT molecular complexity index is 1260. The number of aryl methyl sites for hydroxylation is 1. The molecule has 4 N–H and O–H groups in total. The Hall–Kier alpha value is -3.20. The maximum absolute atomic E-state index is 13.3. The van der Waals surface area contributed by atoms with Gasteiger partial charge in [-0.25, -0.2) is 0 Å². The van der Waals surface area contributed by atoms with Gasteiger partial charge in [0.1, 0.15) is 11.8 Å². The second-order valence-electron chi connectivity index (χ2n) is 8.77. The predicted octanol–water partition coefficient (Wildman–Crippen LogP) is 2.76. The molecule has 0 aliphatic carbocycles. The Morgan fingerprint density at radius 3 is 2.74 bits per heavy atom. The van der Waals surface area contributed by atoms with Gasteiger partial charge in [-0.3, -0.25) is 14.4 Å². The molecule has 0 saturated carbocycles. The molecule has 1 saturated heterocycles. The average molecular weight is 484 g/mol. The van der Waals surface area contributed by atoms with Crippen molar-refractivity contribution in [1.29, 1.82) is 0 Å². The van der Waals surface area contributed by atoms with Gasteiger partial charge in [0, 0.05) is 48.5 Å². The highest BCUT2D eigenvalue weighted by atomic mass is 32.2. The number of benzene rings is 1. The minimum Gasteiger partial charge on any atom is -0.502 e. The van der Waals surface area contributed by atoms with Crippen LogP contribution in [0, 0.1) is 6.92 Å². The third-order valence-electron chi connectivity index (χ3n) is 6.47. The molecule has 180 valence electrons. The summed E-state index contributed by atoms with van der Waals surface area (Å²) in [7, 11) is 1.54. The van der Waals surface area contributed by atoms with E-state index in [1.165, 1.54) is 13.1 Å². The minimum absolute atomic E-state index is 0.00882. The van der Waals surface area contributed by atoms with Crippen molar-refractivity contribution in [3.63, 3.8) is 0 Å². The molecule has 4 rings (SSSR count). The van der Waals surface area contributed by atoms with Gasteiger partial charge in [0.15, 0.2) is 5.76 Å². The van der Waals surface area contributed by atoms with Crippen LogP contribution in [0.15, 0.2) is 45.7 Å². The van der Waals surface area contributed by atoms with Crippen LogP contribution >= 0.6 is 11.8 Å². The molecule has 1 aromatic carbocycles. The molecule has 0 unspecified atom stereocenters. The zero-order valence-electron chi connectivity index (χ0n) is 19.3. The molecule has 1 aliphatic rings. The number of carbonyl (C=O) groups is 2. The fraction of sp³-hybridized carbons (Fsp3) is 0.400. The number of rotatable bonds is 7. The second kappa shape index (κ2) is 9.97. The number of H-pyrrole nitrogens is 1. The van der Waals surface area contributed by atoms with Gasteiger partial charge in [0.05, 0.1) is 0 Å². The third kappa shape index (κ3) is 4.84. The lowest BCUT2D eigenvalue weighted by molar-refractivity contribution is -0.129. The van der Waals surface area contributed by atoms with Gasteiger partial charge in [-0.15, -0.1) is 0 Å². The Morgan fingerprint density at radius 2 is 2.00 bits per heavy atom. The van der Waals surface area contributed by atoms with E-state index in [9.17, 15) is 19.5 Å². The van der Waals surface area contributed by atoms with E-state index in [1.807, 2.05) is 30.5 Å². The molecular formula is C25H29N3O5S. The first-order valence-corrected chi connectivity index (χ1v) is 12.5. The first-order chi connectivity index (χ1) is 16.3. The zero-order valence-corrected chi connectivity index (χ0v) is 20.1. The fourth-order valence-electron chi connectivity index (χ4n) is 4.67. The first kappa shape index (κ1) is 23.9. The molecule has 3 aromatic rings. The van der Waals surface area contributed by atoms with Crippen molar-refractivity contribution in [2.45, 2.75) is 44.1 Å². The minimum atomic E-state index is -0.807. The lowest BCUT2D eigenvalue weighted by atomic mass is 9.75. The van der Waals surface area contributed by atoms with Crippen LogP contribution < -0.4 is 16.1 Å². The van der Waals surface area contributed by atoms with E-state index in [0.717, 1.165) is 28.0 Å². The molecule has 3 heterocycles. The van der Waals surface area contributed by atoms with Crippen LogP contribution in [0.25, 0.3) is 10.9 Å². The summed E-state index contributed by atoms with van der Waals surface area (Å²) < 4.78 is 5.82. The Balaban J connectivity index is 1.59. The number of likely N-dealkylation sites (N-methyl/N-ethyl adjacent to an activating group) is 1. The van der Waals surface area contributed by atoms with E-state index in [4.69, 9.17) is 4.42 Å². The molecule has 1 aliphatic heterocycles. The van der Waals surface area contributed by atoms with Crippen molar-refractivity contribution >= 4 is 34.5 Å². The lowest BCUT2D eigenvalue weighted by Crippen LogP contribution is -2.49. The summed E-state index contributed by atoms with van der Waals surface area (Å²) in [5, 5.41) is 17.0. The highest BCUT2D eigenvalue weighted by molar-refractivity contribution is 7.99. The number of thioether (sulfide) groups is 1.